The van der Waals surface area contributed by atoms with Gasteiger partial charge in [0.25, 0.3) is 0 Å². The fourth-order valence-corrected chi connectivity index (χ4v) is 3.08. The van der Waals surface area contributed by atoms with Crippen molar-refractivity contribution in [2.45, 2.75) is 25.7 Å². The predicted octanol–water partition coefficient (Wildman–Crippen LogP) is 4.55. The Hall–Kier alpha value is -0.240. The average molecular weight is 287 g/mol. The molecule has 0 radical (unpaired) electrons. The Bertz CT molecular complexity index is 361. The van der Waals surface area contributed by atoms with Crippen LogP contribution in [0.1, 0.15) is 24.8 Å². The maximum atomic E-state index is 6.20. The standard InChI is InChI=1S/C15H20Cl2O/c16-11-13(9-12-5-7-18-8-6-12)10-14-3-1-2-4-15(14)17/h1-4,12-13H,5-11H2. The van der Waals surface area contributed by atoms with Gasteiger partial charge < -0.3 is 4.74 Å². The molecule has 1 saturated heterocycles. The van der Waals surface area contributed by atoms with Crippen molar-refractivity contribution in [1.29, 1.82) is 0 Å². The van der Waals surface area contributed by atoms with E-state index in [1.54, 1.807) is 0 Å². The summed E-state index contributed by atoms with van der Waals surface area (Å²) in [6.07, 6.45) is 4.53. The Labute approximate surface area is 119 Å². The fourth-order valence-electron chi connectivity index (χ4n) is 2.63. The van der Waals surface area contributed by atoms with Crippen molar-refractivity contribution in [2.75, 3.05) is 19.1 Å². The summed E-state index contributed by atoms with van der Waals surface area (Å²) in [5.74, 6) is 2.00. The molecule has 18 heavy (non-hydrogen) atoms. The molecule has 0 amide bonds. The van der Waals surface area contributed by atoms with Crippen LogP contribution >= 0.6 is 23.2 Å². The summed E-state index contributed by atoms with van der Waals surface area (Å²) in [6, 6.07) is 8.07. The summed E-state index contributed by atoms with van der Waals surface area (Å²) in [4.78, 5) is 0. The Morgan fingerprint density at radius 1 is 1.22 bits per heavy atom. The molecule has 1 aromatic rings. The van der Waals surface area contributed by atoms with Crippen molar-refractivity contribution < 1.29 is 4.74 Å². The van der Waals surface area contributed by atoms with E-state index < -0.39 is 0 Å². The van der Waals surface area contributed by atoms with Crippen molar-refractivity contribution in [3.05, 3.63) is 34.9 Å². The summed E-state index contributed by atoms with van der Waals surface area (Å²) in [5.41, 5.74) is 1.22. The molecule has 2 rings (SSSR count). The van der Waals surface area contributed by atoms with Gasteiger partial charge in [0.2, 0.25) is 0 Å². The molecule has 1 aliphatic heterocycles. The lowest BCUT2D eigenvalue weighted by molar-refractivity contribution is 0.0595. The first-order valence-corrected chi connectivity index (χ1v) is 7.58. The van der Waals surface area contributed by atoms with E-state index in [1.807, 2.05) is 18.2 Å². The molecule has 3 heteroatoms. The molecule has 0 aliphatic carbocycles. The summed E-state index contributed by atoms with van der Waals surface area (Å²) in [6.45, 7) is 1.82. The summed E-state index contributed by atoms with van der Waals surface area (Å²) in [5, 5.41) is 0.861. The van der Waals surface area contributed by atoms with Crippen LogP contribution in [0.2, 0.25) is 5.02 Å². The van der Waals surface area contributed by atoms with E-state index in [2.05, 4.69) is 6.07 Å². The van der Waals surface area contributed by atoms with Gasteiger partial charge in [-0.05, 0) is 49.1 Å². The zero-order valence-corrected chi connectivity index (χ0v) is 12.1. The Balaban J connectivity index is 1.90. The Morgan fingerprint density at radius 2 is 1.94 bits per heavy atom. The van der Waals surface area contributed by atoms with Crippen molar-refractivity contribution in [1.82, 2.24) is 0 Å². The van der Waals surface area contributed by atoms with Crippen LogP contribution in [-0.2, 0) is 11.2 Å². The number of alkyl halides is 1. The average Bonchev–Trinajstić information content (AvgIpc) is 2.41. The summed E-state index contributed by atoms with van der Waals surface area (Å²) < 4.78 is 5.40. The molecule has 1 unspecified atom stereocenters. The van der Waals surface area contributed by atoms with E-state index in [9.17, 15) is 0 Å². The molecule has 1 aliphatic rings. The van der Waals surface area contributed by atoms with E-state index in [0.717, 1.165) is 30.6 Å². The third-order valence-corrected chi connectivity index (χ3v) is 4.50. The minimum absolute atomic E-state index is 0.523. The molecular weight excluding hydrogens is 267 g/mol. The quantitative estimate of drug-likeness (QED) is 0.722. The first kappa shape index (κ1) is 14.2. The maximum Gasteiger partial charge on any atom is 0.0468 e. The second-order valence-corrected chi connectivity index (χ2v) is 5.82. The minimum atomic E-state index is 0.523. The fraction of sp³-hybridized carbons (Fsp3) is 0.600. The van der Waals surface area contributed by atoms with Gasteiger partial charge in [0.05, 0.1) is 0 Å². The zero-order chi connectivity index (χ0) is 12.8. The van der Waals surface area contributed by atoms with Crippen LogP contribution < -0.4 is 0 Å². The predicted molar refractivity (Wildman–Crippen MR) is 77.5 cm³/mol. The largest absolute Gasteiger partial charge is 0.381 e. The smallest absolute Gasteiger partial charge is 0.0468 e. The molecular formula is C15H20Cl2O. The lowest BCUT2D eigenvalue weighted by Gasteiger charge is -2.26. The summed E-state index contributed by atoms with van der Waals surface area (Å²) >= 11 is 12.3. The van der Waals surface area contributed by atoms with Crippen LogP contribution in [0, 0.1) is 11.8 Å². The van der Waals surface area contributed by atoms with Gasteiger partial charge in [0.15, 0.2) is 0 Å². The van der Waals surface area contributed by atoms with Crippen molar-refractivity contribution in [2.24, 2.45) is 11.8 Å². The SMILES string of the molecule is ClCC(Cc1ccccc1Cl)CC1CCOCC1. The zero-order valence-electron chi connectivity index (χ0n) is 10.6. The topological polar surface area (TPSA) is 9.23 Å². The number of rotatable bonds is 5. The summed E-state index contributed by atoms with van der Waals surface area (Å²) in [7, 11) is 0. The lowest BCUT2D eigenvalue weighted by atomic mass is 9.86. The first-order chi connectivity index (χ1) is 8.79. The Kier molecular flexibility index (Phi) is 5.81. The second kappa shape index (κ2) is 7.37. The van der Waals surface area contributed by atoms with E-state index in [1.165, 1.54) is 24.8 Å². The van der Waals surface area contributed by atoms with Crippen LogP contribution in [0.5, 0.6) is 0 Å². The number of halogens is 2. The molecule has 100 valence electrons. The van der Waals surface area contributed by atoms with E-state index >= 15 is 0 Å². The van der Waals surface area contributed by atoms with Crippen molar-refractivity contribution in [3.8, 4) is 0 Å². The maximum absolute atomic E-state index is 6.20. The van der Waals surface area contributed by atoms with Crippen molar-refractivity contribution >= 4 is 23.2 Å². The molecule has 1 fully saturated rings. The normalized spacial score (nSPS) is 18.8. The highest BCUT2D eigenvalue weighted by molar-refractivity contribution is 6.31. The van der Waals surface area contributed by atoms with Gasteiger partial charge in [-0.15, -0.1) is 11.6 Å². The molecule has 1 atom stereocenters. The van der Waals surface area contributed by atoms with Crippen molar-refractivity contribution in [3.63, 3.8) is 0 Å². The minimum Gasteiger partial charge on any atom is -0.381 e. The first-order valence-electron chi connectivity index (χ1n) is 6.66. The highest BCUT2D eigenvalue weighted by atomic mass is 35.5. The van der Waals surface area contributed by atoms with E-state index in [0.29, 0.717) is 11.8 Å². The molecule has 1 heterocycles. The molecule has 0 N–H and O–H groups in total. The van der Waals surface area contributed by atoms with E-state index in [4.69, 9.17) is 27.9 Å². The molecule has 0 bridgehead atoms. The van der Waals surface area contributed by atoms with Crippen LogP contribution in [0.15, 0.2) is 24.3 Å². The lowest BCUT2D eigenvalue weighted by Crippen LogP contribution is -2.20. The number of ether oxygens (including phenoxy) is 1. The van der Waals surface area contributed by atoms with Gasteiger partial charge >= 0.3 is 0 Å². The van der Waals surface area contributed by atoms with Crippen LogP contribution in [0.25, 0.3) is 0 Å². The van der Waals surface area contributed by atoms with Crippen LogP contribution in [0.4, 0.5) is 0 Å². The third kappa shape index (κ3) is 4.15. The van der Waals surface area contributed by atoms with Gasteiger partial charge in [-0.3, -0.25) is 0 Å². The Morgan fingerprint density at radius 3 is 2.61 bits per heavy atom. The van der Waals surface area contributed by atoms with Gasteiger partial charge in [-0.1, -0.05) is 29.8 Å². The number of hydrogen-bond donors (Lipinski definition) is 0. The molecule has 1 aromatic carbocycles. The highest BCUT2D eigenvalue weighted by Crippen LogP contribution is 2.27. The molecule has 0 spiro atoms. The third-order valence-electron chi connectivity index (χ3n) is 3.69. The molecule has 0 aromatic heterocycles. The van der Waals surface area contributed by atoms with Gasteiger partial charge in [0, 0.05) is 24.1 Å². The van der Waals surface area contributed by atoms with Crippen LogP contribution in [0.3, 0.4) is 0 Å². The number of hydrogen-bond acceptors (Lipinski definition) is 1. The monoisotopic (exact) mass is 286 g/mol. The molecule has 0 saturated carbocycles. The van der Waals surface area contributed by atoms with Gasteiger partial charge in [-0.2, -0.15) is 0 Å². The van der Waals surface area contributed by atoms with Gasteiger partial charge in [-0.25, -0.2) is 0 Å². The van der Waals surface area contributed by atoms with Crippen LogP contribution in [-0.4, -0.2) is 19.1 Å². The second-order valence-electron chi connectivity index (χ2n) is 5.11. The van der Waals surface area contributed by atoms with Gasteiger partial charge in [0.1, 0.15) is 0 Å². The molecule has 1 nitrogen and oxygen atoms in total. The number of benzene rings is 1. The van der Waals surface area contributed by atoms with E-state index in [-0.39, 0.29) is 0 Å². The highest BCUT2D eigenvalue weighted by Gasteiger charge is 2.19.